The predicted molar refractivity (Wildman–Crippen MR) is 135 cm³/mol. The lowest BCUT2D eigenvalue weighted by Crippen LogP contribution is -2.51. The maximum Gasteiger partial charge on any atom is 0.416 e. The van der Waals surface area contributed by atoms with E-state index < -0.39 is 33.8 Å². The Kier molecular flexibility index (Phi) is 9.60. The van der Waals surface area contributed by atoms with Crippen molar-refractivity contribution < 1.29 is 31.1 Å². The first-order chi connectivity index (χ1) is 17.4. The number of ether oxygens (including phenoxy) is 1. The first-order valence-electron chi connectivity index (χ1n) is 12.3. The number of piperidine rings is 1. The van der Waals surface area contributed by atoms with Crippen molar-refractivity contribution in [1.82, 2.24) is 14.5 Å². The smallest absolute Gasteiger partial charge is 0.416 e. The van der Waals surface area contributed by atoms with Crippen LogP contribution in [0.2, 0.25) is 0 Å². The van der Waals surface area contributed by atoms with Gasteiger partial charge in [-0.3, -0.25) is 4.79 Å². The minimum Gasteiger partial charge on any atom is -0.497 e. The summed E-state index contributed by atoms with van der Waals surface area (Å²) in [5.74, 6) is 0.763. The molecule has 2 aromatic rings. The zero-order valence-electron chi connectivity index (χ0n) is 21.3. The number of halogens is 3. The molecular formula is C26H34F3N3O4S. The molecule has 0 aromatic heterocycles. The largest absolute Gasteiger partial charge is 0.497 e. The van der Waals surface area contributed by atoms with E-state index in [2.05, 4.69) is 5.32 Å². The summed E-state index contributed by atoms with van der Waals surface area (Å²) in [7, 11) is -2.55. The Bertz CT molecular complexity index is 1150. The molecule has 11 heteroatoms. The summed E-state index contributed by atoms with van der Waals surface area (Å²) in [4.78, 5) is 14.0. The van der Waals surface area contributed by atoms with E-state index in [1.165, 1.54) is 10.4 Å². The molecule has 0 bridgehead atoms. The van der Waals surface area contributed by atoms with Gasteiger partial charge in [-0.15, -0.1) is 0 Å². The van der Waals surface area contributed by atoms with E-state index in [-0.39, 0.29) is 10.8 Å². The van der Waals surface area contributed by atoms with Crippen LogP contribution in [0.3, 0.4) is 0 Å². The van der Waals surface area contributed by atoms with E-state index >= 15 is 0 Å². The maximum atomic E-state index is 13.4. The number of amides is 1. The first kappa shape index (κ1) is 28.9. The summed E-state index contributed by atoms with van der Waals surface area (Å²) in [6, 6.07) is 10.6. The summed E-state index contributed by atoms with van der Waals surface area (Å²) < 4.78 is 72.6. The molecule has 1 heterocycles. The quantitative estimate of drug-likeness (QED) is 0.455. The van der Waals surface area contributed by atoms with Gasteiger partial charge < -0.3 is 15.0 Å². The van der Waals surface area contributed by atoms with Gasteiger partial charge in [0.15, 0.2) is 0 Å². The monoisotopic (exact) mass is 541 g/mol. The van der Waals surface area contributed by atoms with Crippen molar-refractivity contribution in [1.29, 1.82) is 0 Å². The lowest BCUT2D eigenvalue weighted by atomic mass is 10.0. The predicted octanol–water partition coefficient (Wildman–Crippen LogP) is 4.28. The molecule has 3 rings (SSSR count). The van der Waals surface area contributed by atoms with E-state index in [9.17, 15) is 26.4 Å². The minimum absolute atomic E-state index is 0.0162. The number of alkyl halides is 3. The van der Waals surface area contributed by atoms with Crippen molar-refractivity contribution in [3.8, 4) is 5.75 Å². The fraction of sp³-hybridized carbons (Fsp3) is 0.500. The van der Waals surface area contributed by atoms with Gasteiger partial charge in [-0.2, -0.15) is 17.5 Å². The zero-order chi connectivity index (χ0) is 27.2. The van der Waals surface area contributed by atoms with Crippen molar-refractivity contribution in [2.75, 3.05) is 26.7 Å². The minimum atomic E-state index is -4.64. The number of hydrogen-bond acceptors (Lipinski definition) is 5. The van der Waals surface area contributed by atoms with Crippen molar-refractivity contribution >= 4 is 15.9 Å². The molecule has 1 aliphatic heterocycles. The molecule has 1 N–H and O–H groups in total. The Hall–Kier alpha value is -2.63. The lowest BCUT2D eigenvalue weighted by Gasteiger charge is -2.39. The molecule has 0 atom stereocenters. The van der Waals surface area contributed by atoms with Crippen LogP contribution in [0.4, 0.5) is 13.2 Å². The molecule has 0 saturated carbocycles. The molecule has 1 amide bonds. The molecule has 1 aliphatic rings. The topological polar surface area (TPSA) is 79.0 Å². The summed E-state index contributed by atoms with van der Waals surface area (Å²) >= 11 is 0. The molecule has 0 radical (unpaired) electrons. The number of carbonyl (C=O) groups excluding carboxylic acids is 1. The number of rotatable bonds is 10. The second kappa shape index (κ2) is 12.3. The number of likely N-dealkylation sites (tertiary alicyclic amines) is 1. The van der Waals surface area contributed by atoms with Gasteiger partial charge in [-0.1, -0.05) is 18.2 Å². The second-order valence-electron chi connectivity index (χ2n) is 9.34. The van der Waals surface area contributed by atoms with E-state index in [1.54, 1.807) is 25.9 Å². The van der Waals surface area contributed by atoms with E-state index in [4.69, 9.17) is 4.74 Å². The number of sulfonamides is 1. The summed E-state index contributed by atoms with van der Waals surface area (Å²) in [5.41, 5.74) is 0.0723. The van der Waals surface area contributed by atoms with Crippen molar-refractivity contribution in [3.05, 3.63) is 59.7 Å². The Morgan fingerprint density at radius 2 is 1.78 bits per heavy atom. The van der Waals surface area contributed by atoms with E-state index in [0.717, 1.165) is 23.4 Å². The molecule has 0 aliphatic carbocycles. The molecule has 2 aromatic carbocycles. The summed E-state index contributed by atoms with van der Waals surface area (Å²) in [6.45, 7) is 5.32. The molecule has 37 heavy (non-hydrogen) atoms. The van der Waals surface area contributed by atoms with Gasteiger partial charge in [0.1, 0.15) is 5.75 Å². The van der Waals surface area contributed by atoms with Crippen molar-refractivity contribution in [3.63, 3.8) is 0 Å². The third-order valence-corrected chi connectivity index (χ3v) is 8.55. The van der Waals surface area contributed by atoms with Crippen LogP contribution in [0.25, 0.3) is 0 Å². The van der Waals surface area contributed by atoms with Crippen LogP contribution >= 0.6 is 0 Å². The lowest BCUT2D eigenvalue weighted by molar-refractivity contribution is -0.137. The fourth-order valence-corrected chi connectivity index (χ4v) is 6.48. The normalized spacial score (nSPS) is 15.4. The number of methoxy groups -OCH3 is 1. The highest BCUT2D eigenvalue weighted by Gasteiger charge is 2.38. The summed E-state index contributed by atoms with van der Waals surface area (Å²) in [5, 5.41) is 3.25. The molecule has 1 fully saturated rings. The number of benzene rings is 2. The maximum absolute atomic E-state index is 13.4. The van der Waals surface area contributed by atoms with Crippen LogP contribution in [0.1, 0.15) is 44.2 Å². The van der Waals surface area contributed by atoms with Gasteiger partial charge in [0, 0.05) is 44.7 Å². The Morgan fingerprint density at radius 3 is 2.35 bits per heavy atom. The van der Waals surface area contributed by atoms with Crippen LogP contribution in [0.5, 0.6) is 5.75 Å². The Labute approximate surface area is 216 Å². The fourth-order valence-electron chi connectivity index (χ4n) is 4.55. The number of carbonyl (C=O) groups is 1. The van der Waals surface area contributed by atoms with Gasteiger partial charge in [0.2, 0.25) is 15.9 Å². The highest BCUT2D eigenvalue weighted by molar-refractivity contribution is 7.89. The summed E-state index contributed by atoms with van der Waals surface area (Å²) in [6.07, 6.45) is -3.48. The van der Waals surface area contributed by atoms with Crippen LogP contribution < -0.4 is 10.1 Å². The van der Waals surface area contributed by atoms with Crippen molar-refractivity contribution in [2.24, 2.45) is 0 Å². The van der Waals surface area contributed by atoms with Crippen LogP contribution in [0, 0.1) is 0 Å². The highest BCUT2D eigenvalue weighted by atomic mass is 32.2. The van der Waals surface area contributed by atoms with Gasteiger partial charge in [-0.25, -0.2) is 8.42 Å². The van der Waals surface area contributed by atoms with Gasteiger partial charge >= 0.3 is 6.18 Å². The molecule has 0 spiro atoms. The third kappa shape index (κ3) is 7.45. The number of hydrogen-bond donors (Lipinski definition) is 1. The van der Waals surface area contributed by atoms with Crippen LogP contribution in [-0.4, -0.2) is 62.4 Å². The zero-order valence-corrected chi connectivity index (χ0v) is 22.1. The molecule has 7 nitrogen and oxygen atoms in total. The first-order valence-corrected chi connectivity index (χ1v) is 13.7. The van der Waals surface area contributed by atoms with E-state index in [1.807, 2.05) is 24.3 Å². The average molecular weight is 542 g/mol. The molecular weight excluding hydrogens is 507 g/mol. The van der Waals surface area contributed by atoms with Gasteiger partial charge in [0.05, 0.1) is 17.6 Å². The SMILES string of the molecule is COc1ccc(CNCCC(=O)N2CCC(N(C(C)C)S(=O)(=O)c3cccc(C(F)(F)F)c3)CC2)cc1. The van der Waals surface area contributed by atoms with Crippen molar-refractivity contribution in [2.45, 2.75) is 62.8 Å². The van der Waals surface area contributed by atoms with Crippen LogP contribution in [-0.2, 0) is 27.5 Å². The van der Waals surface area contributed by atoms with Gasteiger partial charge in [-0.05, 0) is 62.6 Å². The molecule has 1 saturated heterocycles. The van der Waals surface area contributed by atoms with E-state index in [0.29, 0.717) is 51.5 Å². The molecule has 0 unspecified atom stereocenters. The third-order valence-electron chi connectivity index (χ3n) is 6.43. The standard InChI is InChI=1S/C26H34F3N3O4S/c1-19(2)32(37(34,35)24-6-4-5-21(17-24)26(27,28)29)22-12-15-31(16-13-22)25(33)11-14-30-18-20-7-9-23(36-3)10-8-20/h4-10,17,19,22,30H,11-16,18H2,1-3H3. The Morgan fingerprint density at radius 1 is 1.14 bits per heavy atom. The number of nitrogens with zero attached hydrogens (tertiary/aromatic N) is 2. The average Bonchev–Trinajstić information content (AvgIpc) is 2.86. The van der Waals surface area contributed by atoms with Gasteiger partial charge in [0.25, 0.3) is 0 Å². The Balaban J connectivity index is 1.55. The highest BCUT2D eigenvalue weighted by Crippen LogP contribution is 2.33. The number of nitrogens with one attached hydrogen (secondary N) is 1. The second-order valence-corrected chi connectivity index (χ2v) is 11.2. The van der Waals surface area contributed by atoms with Crippen LogP contribution in [0.15, 0.2) is 53.4 Å². The molecule has 204 valence electrons.